The van der Waals surface area contributed by atoms with Crippen LogP contribution in [-0.4, -0.2) is 48.9 Å². The first kappa shape index (κ1) is 14.6. The third-order valence-corrected chi connectivity index (χ3v) is 2.95. The van der Waals surface area contributed by atoms with Crippen LogP contribution in [0.5, 0.6) is 0 Å². The quantitative estimate of drug-likeness (QED) is 0.723. The van der Waals surface area contributed by atoms with Crippen molar-refractivity contribution >= 4 is 11.6 Å². The van der Waals surface area contributed by atoms with E-state index >= 15 is 0 Å². The maximum absolute atomic E-state index is 11.4. The third kappa shape index (κ3) is 3.81. The molecule has 0 bridgehead atoms. The van der Waals surface area contributed by atoms with Gasteiger partial charge in [0.25, 0.3) is 0 Å². The summed E-state index contributed by atoms with van der Waals surface area (Å²) in [4.78, 5) is 20.1. The standard InChI is InChI=1S/C14H23N3O/c1-6-17(11(2)10-16(4)5)14-9-13(12(3)18)7-8-15-14/h7-9,11H,6,10H2,1-5H3. The average molecular weight is 249 g/mol. The van der Waals surface area contributed by atoms with E-state index in [1.54, 1.807) is 19.2 Å². The highest BCUT2D eigenvalue weighted by atomic mass is 16.1. The minimum atomic E-state index is 0.0787. The molecule has 0 saturated heterocycles. The summed E-state index contributed by atoms with van der Waals surface area (Å²) in [7, 11) is 4.12. The summed E-state index contributed by atoms with van der Waals surface area (Å²) in [6.07, 6.45) is 1.71. The summed E-state index contributed by atoms with van der Waals surface area (Å²) in [6, 6.07) is 3.99. The second-order valence-electron chi connectivity index (χ2n) is 4.86. The first-order chi connectivity index (χ1) is 8.45. The van der Waals surface area contributed by atoms with Crippen LogP contribution in [0.1, 0.15) is 31.1 Å². The lowest BCUT2D eigenvalue weighted by atomic mass is 10.2. The Bertz CT molecular complexity index is 404. The minimum absolute atomic E-state index is 0.0787. The molecule has 1 heterocycles. The normalized spacial score (nSPS) is 12.6. The van der Waals surface area contributed by atoms with E-state index in [0.29, 0.717) is 6.04 Å². The fourth-order valence-corrected chi connectivity index (χ4v) is 2.12. The summed E-state index contributed by atoms with van der Waals surface area (Å²) < 4.78 is 0. The predicted octanol–water partition coefficient (Wildman–Crippen LogP) is 2.06. The predicted molar refractivity (Wildman–Crippen MR) is 75.3 cm³/mol. The van der Waals surface area contributed by atoms with Crippen LogP contribution in [0.3, 0.4) is 0 Å². The molecule has 4 nitrogen and oxygen atoms in total. The van der Waals surface area contributed by atoms with Crippen molar-refractivity contribution < 1.29 is 4.79 Å². The zero-order valence-corrected chi connectivity index (χ0v) is 12.0. The summed E-state index contributed by atoms with van der Waals surface area (Å²) in [5, 5.41) is 0. The Hall–Kier alpha value is -1.42. The fourth-order valence-electron chi connectivity index (χ4n) is 2.12. The third-order valence-electron chi connectivity index (χ3n) is 2.95. The summed E-state index contributed by atoms with van der Waals surface area (Å²) in [6.45, 7) is 7.70. The molecule has 18 heavy (non-hydrogen) atoms. The second kappa shape index (κ2) is 6.50. The molecule has 0 fully saturated rings. The van der Waals surface area contributed by atoms with Crippen molar-refractivity contribution in [2.24, 2.45) is 0 Å². The summed E-state index contributed by atoms with van der Waals surface area (Å²) in [5.74, 6) is 0.953. The molecule has 0 aliphatic heterocycles. The molecule has 0 N–H and O–H groups in total. The minimum Gasteiger partial charge on any atom is -0.353 e. The van der Waals surface area contributed by atoms with Gasteiger partial charge in [0.15, 0.2) is 5.78 Å². The molecule has 100 valence electrons. The number of carbonyl (C=O) groups is 1. The number of pyridine rings is 1. The highest BCUT2D eigenvalue weighted by Crippen LogP contribution is 2.16. The van der Waals surface area contributed by atoms with Crippen LogP contribution in [0.15, 0.2) is 18.3 Å². The summed E-state index contributed by atoms with van der Waals surface area (Å²) >= 11 is 0. The number of hydrogen-bond donors (Lipinski definition) is 0. The molecule has 0 saturated carbocycles. The van der Waals surface area contributed by atoms with Gasteiger partial charge in [-0.3, -0.25) is 4.79 Å². The molecule has 4 heteroatoms. The van der Waals surface area contributed by atoms with E-state index < -0.39 is 0 Å². The highest BCUT2D eigenvalue weighted by molar-refractivity contribution is 5.94. The molecule has 0 radical (unpaired) electrons. The smallest absolute Gasteiger partial charge is 0.159 e. The number of likely N-dealkylation sites (N-methyl/N-ethyl adjacent to an activating group) is 2. The van der Waals surface area contributed by atoms with Crippen LogP contribution in [0.25, 0.3) is 0 Å². The van der Waals surface area contributed by atoms with Gasteiger partial charge in [-0.25, -0.2) is 4.98 Å². The molecule has 0 aromatic carbocycles. The Morgan fingerprint density at radius 3 is 2.61 bits per heavy atom. The van der Waals surface area contributed by atoms with Crippen molar-refractivity contribution in [1.82, 2.24) is 9.88 Å². The number of rotatable bonds is 6. The molecule has 0 aliphatic carbocycles. The van der Waals surface area contributed by atoms with Crippen LogP contribution < -0.4 is 4.90 Å². The molecular weight excluding hydrogens is 226 g/mol. The van der Waals surface area contributed by atoms with Crippen LogP contribution in [0, 0.1) is 0 Å². The van der Waals surface area contributed by atoms with Crippen molar-refractivity contribution in [3.8, 4) is 0 Å². The zero-order chi connectivity index (χ0) is 13.7. The molecule has 0 aliphatic rings. The number of anilines is 1. The Labute approximate surface area is 110 Å². The topological polar surface area (TPSA) is 36.4 Å². The average Bonchev–Trinajstić information content (AvgIpc) is 2.29. The van der Waals surface area contributed by atoms with E-state index in [9.17, 15) is 4.79 Å². The Balaban J connectivity index is 2.94. The van der Waals surface area contributed by atoms with Gasteiger partial charge in [0.1, 0.15) is 5.82 Å². The number of Topliss-reactive ketones (excluding diaryl/α,β-unsaturated/α-hetero) is 1. The van der Waals surface area contributed by atoms with E-state index in [2.05, 4.69) is 42.7 Å². The van der Waals surface area contributed by atoms with Crippen LogP contribution in [0.2, 0.25) is 0 Å². The zero-order valence-electron chi connectivity index (χ0n) is 12.0. The molecule has 1 atom stereocenters. The summed E-state index contributed by atoms with van der Waals surface area (Å²) in [5.41, 5.74) is 0.718. The van der Waals surface area contributed by atoms with Gasteiger partial charge in [-0.1, -0.05) is 0 Å². The molecule has 1 rings (SSSR count). The number of nitrogens with zero attached hydrogens (tertiary/aromatic N) is 3. The second-order valence-corrected chi connectivity index (χ2v) is 4.86. The van der Waals surface area contributed by atoms with E-state index in [4.69, 9.17) is 0 Å². The molecule has 1 unspecified atom stereocenters. The van der Waals surface area contributed by atoms with Crippen molar-refractivity contribution in [3.63, 3.8) is 0 Å². The van der Waals surface area contributed by atoms with Crippen molar-refractivity contribution in [2.45, 2.75) is 26.8 Å². The number of ketones is 1. The maximum Gasteiger partial charge on any atom is 0.159 e. The Morgan fingerprint density at radius 1 is 1.44 bits per heavy atom. The Morgan fingerprint density at radius 2 is 2.11 bits per heavy atom. The number of carbonyl (C=O) groups excluding carboxylic acids is 1. The number of hydrogen-bond acceptors (Lipinski definition) is 4. The lowest BCUT2D eigenvalue weighted by Crippen LogP contribution is -2.40. The fraction of sp³-hybridized carbons (Fsp3) is 0.571. The molecular formula is C14H23N3O. The lowest BCUT2D eigenvalue weighted by molar-refractivity contribution is 0.101. The molecule has 0 spiro atoms. The van der Waals surface area contributed by atoms with E-state index in [1.165, 1.54) is 0 Å². The van der Waals surface area contributed by atoms with E-state index in [0.717, 1.165) is 24.5 Å². The largest absolute Gasteiger partial charge is 0.353 e. The van der Waals surface area contributed by atoms with Crippen LogP contribution in [-0.2, 0) is 0 Å². The lowest BCUT2D eigenvalue weighted by Gasteiger charge is -2.31. The van der Waals surface area contributed by atoms with Gasteiger partial charge < -0.3 is 9.80 Å². The Kier molecular flexibility index (Phi) is 5.28. The van der Waals surface area contributed by atoms with Crippen molar-refractivity contribution in [3.05, 3.63) is 23.9 Å². The van der Waals surface area contributed by atoms with Crippen molar-refractivity contribution in [1.29, 1.82) is 0 Å². The van der Waals surface area contributed by atoms with Gasteiger partial charge in [0, 0.05) is 30.9 Å². The van der Waals surface area contributed by atoms with Gasteiger partial charge in [0.2, 0.25) is 0 Å². The monoisotopic (exact) mass is 249 g/mol. The van der Waals surface area contributed by atoms with Crippen LogP contribution in [0.4, 0.5) is 5.82 Å². The van der Waals surface area contributed by atoms with Crippen molar-refractivity contribution in [2.75, 3.05) is 32.1 Å². The van der Waals surface area contributed by atoms with Gasteiger partial charge in [-0.2, -0.15) is 0 Å². The SMILES string of the molecule is CCN(c1cc(C(C)=O)ccn1)C(C)CN(C)C. The first-order valence-corrected chi connectivity index (χ1v) is 6.34. The van der Waals surface area contributed by atoms with Gasteiger partial charge in [-0.05, 0) is 47.0 Å². The van der Waals surface area contributed by atoms with Gasteiger partial charge in [0.05, 0.1) is 0 Å². The molecule has 1 aromatic heterocycles. The van der Waals surface area contributed by atoms with Gasteiger partial charge in [-0.15, -0.1) is 0 Å². The number of aromatic nitrogens is 1. The van der Waals surface area contributed by atoms with E-state index in [1.807, 2.05) is 6.07 Å². The first-order valence-electron chi connectivity index (χ1n) is 6.34. The van der Waals surface area contributed by atoms with Crippen LogP contribution >= 0.6 is 0 Å². The molecule has 0 amide bonds. The van der Waals surface area contributed by atoms with Gasteiger partial charge >= 0.3 is 0 Å². The van der Waals surface area contributed by atoms with E-state index in [-0.39, 0.29) is 5.78 Å². The maximum atomic E-state index is 11.4. The highest BCUT2D eigenvalue weighted by Gasteiger charge is 2.15. The molecule has 1 aromatic rings.